The van der Waals surface area contributed by atoms with Crippen LogP contribution in [0.25, 0.3) is 0 Å². The van der Waals surface area contributed by atoms with E-state index in [1.165, 1.54) is 0 Å². The maximum Gasteiger partial charge on any atom is 0.251 e. The van der Waals surface area contributed by atoms with Crippen LogP contribution in [-0.4, -0.2) is 25.0 Å². The molecule has 132 valence electrons. The highest BCUT2D eigenvalue weighted by Gasteiger charge is 2.25. The summed E-state index contributed by atoms with van der Waals surface area (Å²) in [5, 5.41) is 5.71. The lowest BCUT2D eigenvalue weighted by Gasteiger charge is -2.22. The number of ether oxygens (including phenoxy) is 1. The number of nitrogens with one attached hydrogen (secondary N) is 2. The van der Waals surface area contributed by atoms with Crippen molar-refractivity contribution in [3.63, 3.8) is 0 Å². The third-order valence-corrected chi connectivity index (χ3v) is 3.99. The van der Waals surface area contributed by atoms with Gasteiger partial charge in [-0.2, -0.15) is 0 Å². The standard InChI is InChI=1S/C20H24N2O3/c1-13(2)18(20(24)21-17-8-6-5-7-14(17)3)22-19(23)15-9-11-16(25-4)12-10-15/h5-13,18H,1-4H3,(H,21,24)(H,22,23)/t18-/m1/s1. The van der Waals surface area contributed by atoms with Gasteiger partial charge in [0.05, 0.1) is 7.11 Å². The minimum absolute atomic E-state index is 0.0498. The van der Waals surface area contributed by atoms with E-state index in [2.05, 4.69) is 10.6 Å². The molecule has 0 aliphatic carbocycles. The Kier molecular flexibility index (Phi) is 6.17. The van der Waals surface area contributed by atoms with Gasteiger partial charge in [-0.1, -0.05) is 32.0 Å². The van der Waals surface area contributed by atoms with Gasteiger partial charge < -0.3 is 15.4 Å². The Morgan fingerprint density at radius 2 is 1.64 bits per heavy atom. The Morgan fingerprint density at radius 1 is 1.00 bits per heavy atom. The summed E-state index contributed by atoms with van der Waals surface area (Å²) < 4.78 is 5.09. The van der Waals surface area contributed by atoms with Crippen LogP contribution in [0.4, 0.5) is 5.69 Å². The second-order valence-electron chi connectivity index (χ2n) is 6.23. The molecule has 0 aliphatic rings. The Balaban J connectivity index is 2.10. The van der Waals surface area contributed by atoms with Crippen molar-refractivity contribution in [2.45, 2.75) is 26.8 Å². The van der Waals surface area contributed by atoms with Crippen LogP contribution in [0.5, 0.6) is 5.75 Å². The minimum Gasteiger partial charge on any atom is -0.497 e. The van der Waals surface area contributed by atoms with Crippen molar-refractivity contribution in [3.8, 4) is 5.75 Å². The third kappa shape index (κ3) is 4.83. The largest absolute Gasteiger partial charge is 0.497 e. The molecule has 2 N–H and O–H groups in total. The second-order valence-corrected chi connectivity index (χ2v) is 6.23. The summed E-state index contributed by atoms with van der Waals surface area (Å²) in [5.41, 5.74) is 2.20. The fourth-order valence-corrected chi connectivity index (χ4v) is 2.43. The molecule has 25 heavy (non-hydrogen) atoms. The van der Waals surface area contributed by atoms with Gasteiger partial charge in [0.2, 0.25) is 5.91 Å². The zero-order valence-corrected chi connectivity index (χ0v) is 15.0. The van der Waals surface area contributed by atoms with Crippen molar-refractivity contribution in [3.05, 3.63) is 59.7 Å². The molecule has 0 radical (unpaired) electrons. The van der Waals surface area contributed by atoms with E-state index in [9.17, 15) is 9.59 Å². The van der Waals surface area contributed by atoms with Crippen LogP contribution in [0.15, 0.2) is 48.5 Å². The number of anilines is 1. The normalized spacial score (nSPS) is 11.7. The van der Waals surface area contributed by atoms with Crippen molar-refractivity contribution in [2.24, 2.45) is 5.92 Å². The molecule has 0 aromatic heterocycles. The Hall–Kier alpha value is -2.82. The lowest BCUT2D eigenvalue weighted by atomic mass is 10.0. The van der Waals surface area contributed by atoms with Crippen molar-refractivity contribution in [2.75, 3.05) is 12.4 Å². The summed E-state index contributed by atoms with van der Waals surface area (Å²) in [7, 11) is 1.57. The molecule has 0 saturated heterocycles. The highest BCUT2D eigenvalue weighted by molar-refractivity contribution is 6.01. The number of hydrogen-bond donors (Lipinski definition) is 2. The summed E-state index contributed by atoms with van der Waals surface area (Å²) >= 11 is 0. The van der Waals surface area contributed by atoms with Crippen LogP contribution >= 0.6 is 0 Å². The van der Waals surface area contributed by atoms with E-state index >= 15 is 0 Å². The molecule has 2 aromatic rings. The lowest BCUT2D eigenvalue weighted by Crippen LogP contribution is -2.47. The molecule has 5 nitrogen and oxygen atoms in total. The first-order valence-electron chi connectivity index (χ1n) is 8.23. The van der Waals surface area contributed by atoms with E-state index in [0.29, 0.717) is 11.3 Å². The molecule has 0 heterocycles. The molecule has 1 atom stereocenters. The quantitative estimate of drug-likeness (QED) is 0.847. The predicted octanol–water partition coefficient (Wildman–Crippen LogP) is 3.40. The van der Waals surface area contributed by atoms with Gasteiger partial charge in [0.1, 0.15) is 11.8 Å². The Morgan fingerprint density at radius 3 is 2.20 bits per heavy atom. The summed E-state index contributed by atoms with van der Waals surface area (Å²) in [6, 6.07) is 13.7. The van der Waals surface area contributed by atoms with Crippen LogP contribution in [0.2, 0.25) is 0 Å². The topological polar surface area (TPSA) is 67.4 Å². The molecule has 2 amide bonds. The molecule has 0 saturated carbocycles. The van der Waals surface area contributed by atoms with E-state index in [1.807, 2.05) is 45.0 Å². The fraction of sp³-hybridized carbons (Fsp3) is 0.300. The summed E-state index contributed by atoms with van der Waals surface area (Å²) in [4.78, 5) is 25.1. The number of para-hydroxylation sites is 1. The number of benzene rings is 2. The maximum absolute atomic E-state index is 12.6. The Bertz CT molecular complexity index is 739. The molecular formula is C20H24N2O3. The molecule has 0 spiro atoms. The molecule has 0 bridgehead atoms. The number of methoxy groups -OCH3 is 1. The lowest BCUT2D eigenvalue weighted by molar-refractivity contribution is -0.118. The van der Waals surface area contributed by atoms with Gasteiger partial charge in [-0.25, -0.2) is 0 Å². The smallest absolute Gasteiger partial charge is 0.251 e. The van der Waals surface area contributed by atoms with Crippen LogP contribution in [-0.2, 0) is 4.79 Å². The average Bonchev–Trinajstić information content (AvgIpc) is 2.61. The first kappa shape index (κ1) is 18.5. The highest BCUT2D eigenvalue weighted by atomic mass is 16.5. The number of hydrogen-bond acceptors (Lipinski definition) is 3. The van der Waals surface area contributed by atoms with Crippen LogP contribution in [0, 0.1) is 12.8 Å². The van der Waals surface area contributed by atoms with E-state index < -0.39 is 6.04 Å². The van der Waals surface area contributed by atoms with Crippen LogP contribution in [0.1, 0.15) is 29.8 Å². The van der Waals surface area contributed by atoms with Crippen molar-refractivity contribution in [1.82, 2.24) is 5.32 Å². The Labute approximate surface area is 148 Å². The first-order chi connectivity index (χ1) is 11.9. The van der Waals surface area contributed by atoms with Gasteiger partial charge in [0.25, 0.3) is 5.91 Å². The van der Waals surface area contributed by atoms with Gasteiger partial charge in [0.15, 0.2) is 0 Å². The highest BCUT2D eigenvalue weighted by Crippen LogP contribution is 2.16. The van der Waals surface area contributed by atoms with Crippen LogP contribution in [0.3, 0.4) is 0 Å². The van der Waals surface area contributed by atoms with E-state index in [0.717, 1.165) is 11.3 Å². The molecule has 2 aromatic carbocycles. The van der Waals surface area contributed by atoms with Gasteiger partial charge in [0, 0.05) is 11.3 Å². The van der Waals surface area contributed by atoms with Crippen molar-refractivity contribution in [1.29, 1.82) is 0 Å². The number of rotatable bonds is 6. The first-order valence-corrected chi connectivity index (χ1v) is 8.23. The van der Waals surface area contributed by atoms with E-state index in [-0.39, 0.29) is 17.7 Å². The molecule has 0 aliphatic heterocycles. The summed E-state index contributed by atoms with van der Waals surface area (Å²) in [6.07, 6.45) is 0. The van der Waals surface area contributed by atoms with Crippen molar-refractivity contribution >= 4 is 17.5 Å². The number of aryl methyl sites for hydroxylation is 1. The molecule has 5 heteroatoms. The van der Waals surface area contributed by atoms with Crippen LogP contribution < -0.4 is 15.4 Å². The molecule has 0 unspecified atom stereocenters. The van der Waals surface area contributed by atoms with Gasteiger partial charge >= 0.3 is 0 Å². The van der Waals surface area contributed by atoms with Crippen molar-refractivity contribution < 1.29 is 14.3 Å². The van der Waals surface area contributed by atoms with Gasteiger partial charge in [-0.15, -0.1) is 0 Å². The average molecular weight is 340 g/mol. The maximum atomic E-state index is 12.6. The summed E-state index contributed by atoms with van der Waals surface area (Å²) in [6.45, 7) is 5.72. The second kappa shape index (κ2) is 8.33. The summed E-state index contributed by atoms with van der Waals surface area (Å²) in [5.74, 6) is 0.105. The predicted molar refractivity (Wildman–Crippen MR) is 98.9 cm³/mol. The van der Waals surface area contributed by atoms with Gasteiger partial charge in [-0.05, 0) is 48.7 Å². The minimum atomic E-state index is -0.630. The zero-order chi connectivity index (χ0) is 18.4. The third-order valence-electron chi connectivity index (χ3n) is 3.99. The SMILES string of the molecule is COc1ccc(C(=O)N[C@@H](C(=O)Nc2ccccc2C)C(C)C)cc1. The molecular weight excluding hydrogens is 316 g/mol. The monoisotopic (exact) mass is 340 g/mol. The van der Waals surface area contributed by atoms with E-state index in [1.54, 1.807) is 31.4 Å². The molecule has 0 fully saturated rings. The van der Waals surface area contributed by atoms with Gasteiger partial charge in [-0.3, -0.25) is 9.59 Å². The number of carbonyl (C=O) groups excluding carboxylic acids is 2. The molecule has 2 rings (SSSR count). The van der Waals surface area contributed by atoms with E-state index in [4.69, 9.17) is 4.74 Å². The zero-order valence-electron chi connectivity index (χ0n) is 15.0. The number of amides is 2. The fourth-order valence-electron chi connectivity index (χ4n) is 2.43. The number of carbonyl (C=O) groups is 2.